The molecule has 9 nitrogen and oxygen atoms in total. The highest BCUT2D eigenvalue weighted by molar-refractivity contribution is 5.98. The molecular weight excluding hydrogens is 534 g/mol. The van der Waals surface area contributed by atoms with Crippen molar-refractivity contribution in [1.82, 2.24) is 19.8 Å². The highest BCUT2D eigenvalue weighted by Gasteiger charge is 2.36. The first-order valence-corrected chi connectivity index (χ1v) is 12.8. The van der Waals surface area contributed by atoms with Crippen LogP contribution < -0.4 is 10.5 Å². The average molecular weight is 566 g/mol. The van der Waals surface area contributed by atoms with Crippen molar-refractivity contribution in [3.05, 3.63) is 41.4 Å². The van der Waals surface area contributed by atoms with Crippen molar-refractivity contribution in [2.75, 3.05) is 26.2 Å². The third-order valence-corrected chi connectivity index (χ3v) is 6.34. The van der Waals surface area contributed by atoms with Gasteiger partial charge in [0.15, 0.2) is 17.1 Å². The topological polar surface area (TPSA) is 115 Å². The van der Waals surface area contributed by atoms with Crippen LogP contribution in [0.1, 0.15) is 62.6 Å². The van der Waals surface area contributed by atoms with Crippen LogP contribution in [-0.4, -0.2) is 69.5 Å². The Hall–Kier alpha value is -3.74. The molecule has 3 aromatic rings. The van der Waals surface area contributed by atoms with Crippen molar-refractivity contribution in [3.63, 3.8) is 0 Å². The molecule has 0 unspecified atom stereocenters. The number of piperazine rings is 1. The van der Waals surface area contributed by atoms with E-state index in [1.165, 1.54) is 35.8 Å². The van der Waals surface area contributed by atoms with Gasteiger partial charge in [-0.2, -0.15) is 13.2 Å². The monoisotopic (exact) mass is 565 g/mol. The quantitative estimate of drug-likeness (QED) is 0.429. The molecule has 1 aliphatic rings. The largest absolute Gasteiger partial charge is 0.489 e. The normalized spacial score (nSPS) is 15.6. The van der Waals surface area contributed by atoms with Gasteiger partial charge in [0.25, 0.3) is 11.8 Å². The van der Waals surface area contributed by atoms with Crippen molar-refractivity contribution in [3.8, 4) is 17.2 Å². The molecule has 0 spiro atoms. The van der Waals surface area contributed by atoms with E-state index in [2.05, 4.69) is 9.97 Å². The van der Waals surface area contributed by atoms with Crippen LogP contribution in [0.25, 0.3) is 22.4 Å². The minimum Gasteiger partial charge on any atom is -0.489 e. The molecule has 1 aromatic carbocycles. The van der Waals surface area contributed by atoms with Crippen molar-refractivity contribution < 1.29 is 36.3 Å². The molecule has 13 heteroatoms. The van der Waals surface area contributed by atoms with Gasteiger partial charge < -0.3 is 24.7 Å². The van der Waals surface area contributed by atoms with Crippen LogP contribution in [0.2, 0.25) is 0 Å². The summed E-state index contributed by atoms with van der Waals surface area (Å²) in [5.41, 5.74) is 3.19. The van der Waals surface area contributed by atoms with Crippen LogP contribution in [0.15, 0.2) is 28.7 Å². The molecule has 2 amide bonds. The van der Waals surface area contributed by atoms with Gasteiger partial charge >= 0.3 is 6.18 Å². The molecule has 1 atom stereocenters. The van der Waals surface area contributed by atoms with Crippen LogP contribution in [0, 0.1) is 0 Å². The summed E-state index contributed by atoms with van der Waals surface area (Å²) in [5, 5.41) is 0.281. The Bertz CT molecular complexity index is 1420. The number of nitrogens with two attached hydrogens (primary N) is 1. The molecule has 0 radical (unpaired) electrons. The predicted octanol–water partition coefficient (Wildman–Crippen LogP) is 4.75. The molecule has 40 heavy (non-hydrogen) atoms. The zero-order valence-corrected chi connectivity index (χ0v) is 22.8. The lowest BCUT2D eigenvalue weighted by molar-refractivity contribution is -0.143. The fourth-order valence-corrected chi connectivity index (χ4v) is 4.43. The SMILES string of the molecule is CC(C)Oc1ccc(-c2nc(C(=O)N3CCN(C(=O)C(C)(C)F)CC3)c([C@H](C)N)o2)c2ccc(C(F)(F)F)nc12. The summed E-state index contributed by atoms with van der Waals surface area (Å²) in [5.74, 6) is -0.918. The first-order valence-electron chi connectivity index (χ1n) is 12.8. The number of pyridine rings is 1. The van der Waals surface area contributed by atoms with Gasteiger partial charge in [0.2, 0.25) is 5.89 Å². The fourth-order valence-electron chi connectivity index (χ4n) is 4.43. The van der Waals surface area contributed by atoms with E-state index in [4.69, 9.17) is 14.9 Å². The third-order valence-electron chi connectivity index (χ3n) is 6.34. The molecule has 2 N–H and O–H groups in total. The Balaban J connectivity index is 1.71. The van der Waals surface area contributed by atoms with E-state index in [9.17, 15) is 27.2 Å². The van der Waals surface area contributed by atoms with E-state index >= 15 is 0 Å². The molecule has 1 fully saturated rings. The maximum Gasteiger partial charge on any atom is 0.433 e. The van der Waals surface area contributed by atoms with Crippen LogP contribution in [0.4, 0.5) is 17.6 Å². The molecule has 2 aromatic heterocycles. The number of oxazole rings is 1. The van der Waals surface area contributed by atoms with Crippen molar-refractivity contribution in [2.24, 2.45) is 5.73 Å². The molecule has 1 saturated heterocycles. The Kier molecular flexibility index (Phi) is 7.81. The van der Waals surface area contributed by atoms with Crippen LogP contribution in [0.5, 0.6) is 5.75 Å². The number of hydrogen-bond donors (Lipinski definition) is 1. The molecule has 1 aliphatic heterocycles. The van der Waals surface area contributed by atoms with Gasteiger partial charge in [0.1, 0.15) is 17.0 Å². The van der Waals surface area contributed by atoms with Crippen molar-refractivity contribution >= 4 is 22.7 Å². The number of halogens is 4. The maximum absolute atomic E-state index is 14.1. The summed E-state index contributed by atoms with van der Waals surface area (Å²) < 4.78 is 66.0. The minimum absolute atomic E-state index is 0.0219. The smallest absolute Gasteiger partial charge is 0.433 e. The molecule has 3 heterocycles. The van der Waals surface area contributed by atoms with Gasteiger partial charge in [0, 0.05) is 37.1 Å². The van der Waals surface area contributed by atoms with E-state index in [0.29, 0.717) is 5.56 Å². The summed E-state index contributed by atoms with van der Waals surface area (Å²) in [6.45, 7) is 8.04. The highest BCUT2D eigenvalue weighted by Crippen LogP contribution is 2.38. The highest BCUT2D eigenvalue weighted by atomic mass is 19.4. The second kappa shape index (κ2) is 10.7. The van der Waals surface area contributed by atoms with Gasteiger partial charge in [-0.15, -0.1) is 0 Å². The number of rotatable bonds is 6. The summed E-state index contributed by atoms with van der Waals surface area (Å²) in [6.07, 6.45) is -4.99. The van der Waals surface area contributed by atoms with Gasteiger partial charge in [0.05, 0.1) is 12.1 Å². The lowest BCUT2D eigenvalue weighted by Gasteiger charge is -2.36. The Labute approximate surface area is 228 Å². The molecule has 0 aliphatic carbocycles. The number of hydrogen-bond acceptors (Lipinski definition) is 7. The molecule has 4 rings (SSSR count). The van der Waals surface area contributed by atoms with E-state index in [1.54, 1.807) is 26.8 Å². The number of amides is 2. The standard InChI is InChI=1S/C27H31F4N5O4/c1-14(2)39-18-8-6-17(16-7-9-19(27(29,30)31)33-20(16)18)23-34-21(22(40-23)15(3)32)24(37)35-10-12-36(13-11-35)25(38)26(4,5)28/h6-9,14-15H,10-13,32H2,1-5H3/t15-/m0/s1. The maximum atomic E-state index is 14.1. The number of benzene rings is 1. The number of nitrogens with zero attached hydrogens (tertiary/aromatic N) is 4. The van der Waals surface area contributed by atoms with Gasteiger partial charge in [-0.3, -0.25) is 9.59 Å². The number of ether oxygens (including phenoxy) is 1. The Morgan fingerprint density at radius 2 is 1.60 bits per heavy atom. The average Bonchev–Trinajstić information content (AvgIpc) is 3.32. The molecule has 0 bridgehead atoms. The van der Waals surface area contributed by atoms with Crippen LogP contribution in [0.3, 0.4) is 0 Å². The lowest BCUT2D eigenvalue weighted by Crippen LogP contribution is -2.54. The second-order valence-corrected chi connectivity index (χ2v) is 10.4. The van der Waals surface area contributed by atoms with E-state index in [0.717, 1.165) is 6.07 Å². The van der Waals surface area contributed by atoms with Crippen molar-refractivity contribution in [1.29, 1.82) is 0 Å². The number of carbonyl (C=O) groups is 2. The van der Waals surface area contributed by atoms with Crippen LogP contribution >= 0.6 is 0 Å². The predicted molar refractivity (Wildman–Crippen MR) is 138 cm³/mol. The minimum atomic E-state index is -4.67. The molecular formula is C27H31F4N5O4. The fraction of sp³-hybridized carbons (Fsp3) is 0.481. The first kappa shape index (κ1) is 29.2. The van der Waals surface area contributed by atoms with E-state index in [1.807, 2.05) is 0 Å². The van der Waals surface area contributed by atoms with Crippen molar-refractivity contribution in [2.45, 2.75) is 58.6 Å². The number of aromatic nitrogens is 2. The zero-order valence-electron chi connectivity index (χ0n) is 22.8. The number of fused-ring (bicyclic) bond motifs is 1. The van der Waals surface area contributed by atoms with Gasteiger partial charge in [-0.1, -0.05) is 0 Å². The summed E-state index contributed by atoms with van der Waals surface area (Å²) >= 11 is 0. The molecule has 216 valence electrons. The van der Waals surface area contributed by atoms with Gasteiger partial charge in [-0.25, -0.2) is 14.4 Å². The lowest BCUT2D eigenvalue weighted by atomic mass is 10.1. The summed E-state index contributed by atoms with van der Waals surface area (Å²) in [4.78, 5) is 36.8. The summed E-state index contributed by atoms with van der Waals surface area (Å²) in [7, 11) is 0. The first-order chi connectivity index (χ1) is 18.6. The Morgan fingerprint density at radius 3 is 2.15 bits per heavy atom. The van der Waals surface area contributed by atoms with E-state index < -0.39 is 35.4 Å². The molecule has 0 saturated carbocycles. The Morgan fingerprint density at radius 1 is 0.975 bits per heavy atom. The van der Waals surface area contributed by atoms with Crippen LogP contribution in [-0.2, 0) is 11.0 Å². The zero-order chi connectivity index (χ0) is 29.6. The third kappa shape index (κ3) is 5.88. The second-order valence-electron chi connectivity index (χ2n) is 10.4. The number of carbonyl (C=O) groups excluding carboxylic acids is 2. The summed E-state index contributed by atoms with van der Waals surface area (Å²) in [6, 6.07) is 4.42. The number of alkyl halides is 4. The van der Waals surface area contributed by atoms with E-state index in [-0.39, 0.29) is 66.3 Å². The van der Waals surface area contributed by atoms with Gasteiger partial charge in [-0.05, 0) is 58.9 Å².